The smallest absolute Gasteiger partial charge is 0.319 e. The lowest BCUT2D eigenvalue weighted by Gasteiger charge is -2.11. The fourth-order valence-electron chi connectivity index (χ4n) is 1.85. The number of nitrogens with one attached hydrogen (secondary N) is 3. The molecule has 3 N–H and O–H groups in total. The monoisotopic (exact) mass is 337 g/mol. The predicted molar refractivity (Wildman–Crippen MR) is 79.3 cm³/mol. The highest BCUT2D eigenvalue weighted by atomic mass is 79.9. The molecule has 1 aromatic heterocycles. The summed E-state index contributed by atoms with van der Waals surface area (Å²) in [4.78, 5) is 38.7. The van der Waals surface area contributed by atoms with Gasteiger partial charge in [-0.15, -0.1) is 0 Å². The van der Waals surface area contributed by atoms with Gasteiger partial charge in [-0.05, 0) is 47.0 Å². The maximum Gasteiger partial charge on any atom is 0.326 e. The summed E-state index contributed by atoms with van der Waals surface area (Å²) in [5.41, 5.74) is 1.09. The molecule has 0 spiro atoms. The number of carbonyl (C=O) groups excluding carboxylic acids is 1. The van der Waals surface area contributed by atoms with Crippen LogP contribution in [0.4, 0.5) is 5.69 Å². The standard InChI is InChI=1S/C13H12BrN3O3/c1-6-3-7(2)11(8(14)4-6)17-12(19)9-5-10(18)16-13(20)15-9/h3-5H,1-2H3,(H,17,19)(H2,15,16,18,20). The maximum atomic E-state index is 12.1. The van der Waals surface area contributed by atoms with Crippen molar-refractivity contribution < 1.29 is 4.79 Å². The Morgan fingerprint density at radius 3 is 2.45 bits per heavy atom. The van der Waals surface area contributed by atoms with E-state index in [1.54, 1.807) is 0 Å². The van der Waals surface area contributed by atoms with Crippen LogP contribution < -0.4 is 16.6 Å². The molecule has 0 unspecified atom stereocenters. The highest BCUT2D eigenvalue weighted by Gasteiger charge is 2.12. The molecule has 1 heterocycles. The zero-order chi connectivity index (χ0) is 14.9. The Morgan fingerprint density at radius 1 is 1.15 bits per heavy atom. The van der Waals surface area contributed by atoms with Crippen LogP contribution in [-0.4, -0.2) is 15.9 Å². The van der Waals surface area contributed by atoms with Crippen molar-refractivity contribution >= 4 is 27.5 Å². The summed E-state index contributed by atoms with van der Waals surface area (Å²) in [5.74, 6) is -0.555. The van der Waals surface area contributed by atoms with Gasteiger partial charge in [0, 0.05) is 10.5 Å². The number of benzene rings is 1. The molecule has 0 aliphatic heterocycles. The Morgan fingerprint density at radius 2 is 1.85 bits per heavy atom. The number of anilines is 1. The molecule has 0 saturated carbocycles. The number of H-pyrrole nitrogens is 2. The third-order valence-corrected chi connectivity index (χ3v) is 3.30. The molecule has 2 rings (SSSR count). The third-order valence-electron chi connectivity index (χ3n) is 2.68. The van der Waals surface area contributed by atoms with E-state index in [1.165, 1.54) is 0 Å². The molecule has 2 aromatic rings. The summed E-state index contributed by atoms with van der Waals surface area (Å²) >= 11 is 3.37. The first-order chi connectivity index (χ1) is 9.36. The molecule has 7 heteroatoms. The van der Waals surface area contributed by atoms with E-state index in [1.807, 2.05) is 31.0 Å². The van der Waals surface area contributed by atoms with E-state index in [9.17, 15) is 14.4 Å². The molecule has 1 amide bonds. The van der Waals surface area contributed by atoms with Crippen molar-refractivity contribution in [1.29, 1.82) is 0 Å². The van der Waals surface area contributed by atoms with E-state index in [-0.39, 0.29) is 5.69 Å². The van der Waals surface area contributed by atoms with Crippen molar-refractivity contribution in [2.45, 2.75) is 13.8 Å². The predicted octanol–water partition coefficient (Wildman–Crippen LogP) is 1.69. The molecule has 0 atom stereocenters. The van der Waals surface area contributed by atoms with Crippen LogP contribution in [-0.2, 0) is 0 Å². The largest absolute Gasteiger partial charge is 0.326 e. The van der Waals surface area contributed by atoms with Gasteiger partial charge in [0.1, 0.15) is 5.69 Å². The Kier molecular flexibility index (Phi) is 3.89. The molecule has 20 heavy (non-hydrogen) atoms. The Labute approximate surface area is 122 Å². The van der Waals surface area contributed by atoms with Crippen molar-refractivity contribution in [3.63, 3.8) is 0 Å². The SMILES string of the molecule is Cc1cc(C)c(NC(=O)c2cc(=O)[nH]c(=O)[nH]2)c(Br)c1. The Hall–Kier alpha value is -2.15. The fourth-order valence-corrected chi connectivity index (χ4v) is 2.62. The minimum atomic E-state index is -0.720. The number of aryl methyl sites for hydroxylation is 2. The Bertz CT molecular complexity index is 741. The quantitative estimate of drug-likeness (QED) is 0.778. The normalized spacial score (nSPS) is 10.3. The summed E-state index contributed by atoms with van der Waals surface area (Å²) in [7, 11) is 0. The van der Waals surface area contributed by atoms with Crippen LogP contribution in [0.3, 0.4) is 0 Å². The molecular formula is C13H12BrN3O3. The van der Waals surface area contributed by atoms with Crippen LogP contribution in [0.15, 0.2) is 32.3 Å². The number of hydrogen-bond donors (Lipinski definition) is 3. The van der Waals surface area contributed by atoms with Crippen LogP contribution in [0.25, 0.3) is 0 Å². The van der Waals surface area contributed by atoms with Gasteiger partial charge in [0.25, 0.3) is 11.5 Å². The maximum absolute atomic E-state index is 12.1. The molecular weight excluding hydrogens is 326 g/mol. The lowest BCUT2D eigenvalue weighted by atomic mass is 10.1. The van der Waals surface area contributed by atoms with Gasteiger partial charge in [0.2, 0.25) is 0 Å². The van der Waals surface area contributed by atoms with Crippen LogP contribution in [0.1, 0.15) is 21.6 Å². The summed E-state index contributed by atoms with van der Waals surface area (Å²) in [6.45, 7) is 3.80. The zero-order valence-corrected chi connectivity index (χ0v) is 12.4. The van der Waals surface area contributed by atoms with Crippen molar-refractivity contribution in [3.8, 4) is 0 Å². The van der Waals surface area contributed by atoms with E-state index in [0.29, 0.717) is 5.69 Å². The molecule has 1 aromatic carbocycles. The molecule has 0 bridgehead atoms. The minimum absolute atomic E-state index is 0.0920. The van der Waals surface area contributed by atoms with Gasteiger partial charge in [0.15, 0.2) is 0 Å². The van der Waals surface area contributed by atoms with E-state index in [0.717, 1.165) is 21.7 Å². The number of carbonyl (C=O) groups is 1. The van der Waals surface area contributed by atoms with E-state index >= 15 is 0 Å². The van der Waals surface area contributed by atoms with Gasteiger partial charge < -0.3 is 10.3 Å². The first-order valence-corrected chi connectivity index (χ1v) is 6.58. The van der Waals surface area contributed by atoms with Gasteiger partial charge >= 0.3 is 5.69 Å². The lowest BCUT2D eigenvalue weighted by Crippen LogP contribution is -2.27. The average Bonchev–Trinajstić information content (AvgIpc) is 2.32. The van der Waals surface area contributed by atoms with Gasteiger partial charge in [-0.3, -0.25) is 14.6 Å². The molecule has 104 valence electrons. The highest BCUT2D eigenvalue weighted by molar-refractivity contribution is 9.10. The molecule has 0 fully saturated rings. The second-order valence-corrected chi connectivity index (χ2v) is 5.25. The molecule has 0 aliphatic rings. The summed E-state index contributed by atoms with van der Waals surface area (Å²) in [5, 5.41) is 2.67. The first-order valence-electron chi connectivity index (χ1n) is 5.78. The van der Waals surface area contributed by atoms with Crippen LogP contribution in [0, 0.1) is 13.8 Å². The van der Waals surface area contributed by atoms with Crippen LogP contribution in [0.2, 0.25) is 0 Å². The van der Waals surface area contributed by atoms with Gasteiger partial charge in [-0.25, -0.2) is 4.79 Å². The third kappa shape index (κ3) is 3.05. The van der Waals surface area contributed by atoms with E-state index in [2.05, 4.69) is 26.2 Å². The number of amides is 1. The van der Waals surface area contributed by atoms with Crippen molar-refractivity contribution in [2.75, 3.05) is 5.32 Å². The van der Waals surface area contributed by atoms with Crippen molar-refractivity contribution in [1.82, 2.24) is 9.97 Å². The molecule has 6 nitrogen and oxygen atoms in total. The van der Waals surface area contributed by atoms with Gasteiger partial charge in [0.05, 0.1) is 5.69 Å². The zero-order valence-electron chi connectivity index (χ0n) is 10.8. The van der Waals surface area contributed by atoms with Crippen molar-refractivity contribution in [3.05, 3.63) is 60.3 Å². The van der Waals surface area contributed by atoms with E-state index in [4.69, 9.17) is 0 Å². The van der Waals surface area contributed by atoms with Crippen molar-refractivity contribution in [2.24, 2.45) is 0 Å². The topological polar surface area (TPSA) is 94.8 Å². The summed E-state index contributed by atoms with van der Waals surface area (Å²) < 4.78 is 0.732. The second-order valence-electron chi connectivity index (χ2n) is 4.39. The molecule has 0 saturated heterocycles. The first kappa shape index (κ1) is 14.3. The average molecular weight is 338 g/mol. The number of hydrogen-bond acceptors (Lipinski definition) is 3. The van der Waals surface area contributed by atoms with E-state index < -0.39 is 17.2 Å². The fraction of sp³-hybridized carbons (Fsp3) is 0.154. The summed E-state index contributed by atoms with van der Waals surface area (Å²) in [6, 6.07) is 4.82. The molecule has 0 aliphatic carbocycles. The Balaban J connectivity index is 2.37. The minimum Gasteiger partial charge on any atom is -0.319 e. The van der Waals surface area contributed by atoms with Gasteiger partial charge in [-0.2, -0.15) is 0 Å². The van der Waals surface area contributed by atoms with Gasteiger partial charge in [-0.1, -0.05) is 6.07 Å². The summed E-state index contributed by atoms with van der Waals surface area (Å²) in [6.07, 6.45) is 0. The number of aromatic nitrogens is 2. The second kappa shape index (κ2) is 5.46. The number of rotatable bonds is 2. The highest BCUT2D eigenvalue weighted by Crippen LogP contribution is 2.27. The number of halogens is 1. The van der Waals surface area contributed by atoms with Crippen LogP contribution in [0.5, 0.6) is 0 Å². The van der Waals surface area contributed by atoms with Crippen LogP contribution >= 0.6 is 15.9 Å². The lowest BCUT2D eigenvalue weighted by molar-refractivity contribution is 0.102. The number of aromatic amines is 2. The molecule has 0 radical (unpaired) electrons.